The second kappa shape index (κ2) is 5.64. The number of benzene rings is 2. The molecule has 21 heavy (non-hydrogen) atoms. The molecule has 0 saturated carbocycles. The molecule has 2 rings (SSSR count). The number of carboxylic acids is 1. The minimum atomic E-state index is -1.05. The summed E-state index contributed by atoms with van der Waals surface area (Å²) in [5.74, 6) is -1.75. The Hall–Kier alpha value is -2.23. The molecule has 4 heteroatoms. The van der Waals surface area contributed by atoms with Crippen molar-refractivity contribution in [1.82, 2.24) is 0 Å². The Labute approximate surface area is 122 Å². The van der Waals surface area contributed by atoms with Crippen LogP contribution in [-0.4, -0.2) is 11.1 Å². The van der Waals surface area contributed by atoms with Crippen LogP contribution >= 0.6 is 0 Å². The van der Waals surface area contributed by atoms with Gasteiger partial charge < -0.3 is 5.11 Å². The highest BCUT2D eigenvalue weighted by Gasteiger charge is 2.28. The van der Waals surface area contributed by atoms with E-state index in [4.69, 9.17) is 5.11 Å². The molecule has 0 aliphatic rings. The van der Waals surface area contributed by atoms with E-state index in [9.17, 15) is 13.6 Å². The summed E-state index contributed by atoms with van der Waals surface area (Å²) >= 11 is 0. The van der Waals surface area contributed by atoms with E-state index in [1.165, 1.54) is 18.2 Å². The molecule has 0 fully saturated rings. The van der Waals surface area contributed by atoms with E-state index in [0.717, 1.165) is 11.1 Å². The fourth-order valence-electron chi connectivity index (χ4n) is 2.08. The molecular formula is C17H16F2O2. The molecule has 2 nitrogen and oxygen atoms in total. The fraction of sp³-hybridized carbons (Fsp3) is 0.235. The number of carboxylic acid groups (broad SMARTS) is 1. The summed E-state index contributed by atoms with van der Waals surface area (Å²) in [7, 11) is 0. The summed E-state index contributed by atoms with van der Waals surface area (Å²) in [5, 5.41) is 9.15. The smallest absolute Gasteiger partial charge is 0.309 e. The van der Waals surface area contributed by atoms with E-state index in [2.05, 4.69) is 0 Å². The summed E-state index contributed by atoms with van der Waals surface area (Å²) in [4.78, 5) is 11.2. The topological polar surface area (TPSA) is 37.3 Å². The molecule has 0 aliphatic carbocycles. The van der Waals surface area contributed by atoms with Gasteiger partial charge in [0.05, 0.1) is 5.41 Å². The van der Waals surface area contributed by atoms with Gasteiger partial charge in [0.15, 0.2) is 0 Å². The minimum Gasteiger partial charge on any atom is -0.481 e. The largest absolute Gasteiger partial charge is 0.481 e. The molecule has 0 amide bonds. The van der Waals surface area contributed by atoms with Gasteiger partial charge in [0.25, 0.3) is 0 Å². The number of hydrogen-bond donors (Lipinski definition) is 1. The molecule has 1 N–H and O–H groups in total. The molecular weight excluding hydrogens is 274 g/mol. The van der Waals surface area contributed by atoms with E-state index in [0.29, 0.717) is 5.56 Å². The van der Waals surface area contributed by atoms with Crippen LogP contribution in [0.25, 0.3) is 11.1 Å². The highest BCUT2D eigenvalue weighted by molar-refractivity contribution is 5.74. The van der Waals surface area contributed by atoms with Crippen molar-refractivity contribution in [3.8, 4) is 11.1 Å². The molecule has 0 heterocycles. The van der Waals surface area contributed by atoms with E-state index < -0.39 is 17.2 Å². The first kappa shape index (κ1) is 15.2. The van der Waals surface area contributed by atoms with Crippen molar-refractivity contribution in [1.29, 1.82) is 0 Å². The molecule has 0 atom stereocenters. The molecule has 0 saturated heterocycles. The van der Waals surface area contributed by atoms with Gasteiger partial charge in [-0.2, -0.15) is 0 Å². The molecule has 110 valence electrons. The van der Waals surface area contributed by atoms with Crippen molar-refractivity contribution in [3.63, 3.8) is 0 Å². The van der Waals surface area contributed by atoms with Gasteiger partial charge >= 0.3 is 5.97 Å². The van der Waals surface area contributed by atoms with Gasteiger partial charge in [-0.3, -0.25) is 4.79 Å². The third-order valence-electron chi connectivity index (χ3n) is 3.43. The van der Waals surface area contributed by atoms with Gasteiger partial charge in [-0.15, -0.1) is 0 Å². The lowest BCUT2D eigenvalue weighted by Crippen LogP contribution is -2.26. The summed E-state index contributed by atoms with van der Waals surface area (Å²) < 4.78 is 26.8. The van der Waals surface area contributed by atoms with E-state index in [-0.39, 0.29) is 12.2 Å². The highest BCUT2D eigenvalue weighted by atomic mass is 19.1. The minimum absolute atomic E-state index is 0.0865. The predicted octanol–water partition coefficient (Wildman–Crippen LogP) is 4.29. The maximum Gasteiger partial charge on any atom is 0.309 e. The molecule has 2 aromatic rings. The second-order valence-corrected chi connectivity index (χ2v) is 5.68. The zero-order valence-electron chi connectivity index (χ0n) is 11.9. The van der Waals surface area contributed by atoms with Crippen molar-refractivity contribution in [2.75, 3.05) is 0 Å². The van der Waals surface area contributed by atoms with Crippen molar-refractivity contribution in [2.24, 2.45) is 5.41 Å². The SMILES string of the molecule is CC(C)(Cc1cc(-c2ccc(F)cc2)ccc1F)C(=O)O. The molecule has 0 spiro atoms. The number of hydrogen-bond acceptors (Lipinski definition) is 1. The fourth-order valence-corrected chi connectivity index (χ4v) is 2.08. The van der Waals surface area contributed by atoms with Crippen molar-refractivity contribution >= 4 is 5.97 Å². The summed E-state index contributed by atoms with van der Waals surface area (Å²) in [6.45, 7) is 3.11. The van der Waals surface area contributed by atoms with E-state index in [1.807, 2.05) is 0 Å². The van der Waals surface area contributed by atoms with Gasteiger partial charge in [0.1, 0.15) is 11.6 Å². The number of halogens is 2. The van der Waals surface area contributed by atoms with Crippen LogP contribution in [0.1, 0.15) is 19.4 Å². The number of carbonyl (C=O) groups is 1. The lowest BCUT2D eigenvalue weighted by Gasteiger charge is -2.19. The molecule has 0 bridgehead atoms. The highest BCUT2D eigenvalue weighted by Crippen LogP contribution is 2.28. The normalized spacial score (nSPS) is 11.4. The van der Waals surface area contributed by atoms with Crippen LogP contribution in [-0.2, 0) is 11.2 Å². The van der Waals surface area contributed by atoms with Gasteiger partial charge in [0.2, 0.25) is 0 Å². The number of rotatable bonds is 4. The van der Waals surface area contributed by atoms with E-state index >= 15 is 0 Å². The zero-order valence-corrected chi connectivity index (χ0v) is 11.9. The Balaban J connectivity index is 2.38. The second-order valence-electron chi connectivity index (χ2n) is 5.68. The van der Waals surface area contributed by atoms with Crippen LogP contribution in [0.3, 0.4) is 0 Å². The van der Waals surface area contributed by atoms with E-state index in [1.54, 1.807) is 38.1 Å². The Morgan fingerprint density at radius 3 is 2.19 bits per heavy atom. The van der Waals surface area contributed by atoms with Gasteiger partial charge in [-0.1, -0.05) is 18.2 Å². The van der Waals surface area contributed by atoms with Crippen molar-refractivity contribution < 1.29 is 18.7 Å². The molecule has 0 unspecified atom stereocenters. The van der Waals surface area contributed by atoms with Crippen molar-refractivity contribution in [3.05, 3.63) is 59.7 Å². The third kappa shape index (κ3) is 3.45. The van der Waals surface area contributed by atoms with Gasteiger partial charge in [-0.05, 0) is 61.2 Å². The predicted molar refractivity (Wildman–Crippen MR) is 76.9 cm³/mol. The standard InChI is InChI=1S/C17H16F2O2/c1-17(2,16(20)21)10-13-9-12(5-8-15(13)19)11-3-6-14(18)7-4-11/h3-9H,10H2,1-2H3,(H,20,21). The Morgan fingerprint density at radius 1 is 1.05 bits per heavy atom. The quantitative estimate of drug-likeness (QED) is 0.912. The van der Waals surface area contributed by atoms with Crippen LogP contribution < -0.4 is 0 Å². The Bertz CT molecular complexity index is 661. The Morgan fingerprint density at radius 2 is 1.62 bits per heavy atom. The first-order chi connectivity index (χ1) is 9.79. The van der Waals surface area contributed by atoms with Crippen molar-refractivity contribution in [2.45, 2.75) is 20.3 Å². The van der Waals surface area contributed by atoms with Crippen LogP contribution in [0.4, 0.5) is 8.78 Å². The maximum atomic E-state index is 13.9. The van der Waals surface area contributed by atoms with Crippen LogP contribution in [0.2, 0.25) is 0 Å². The zero-order chi connectivity index (χ0) is 15.6. The summed E-state index contributed by atoms with van der Waals surface area (Å²) in [6, 6.07) is 10.4. The van der Waals surface area contributed by atoms with Gasteiger partial charge in [0, 0.05) is 0 Å². The lowest BCUT2D eigenvalue weighted by atomic mass is 9.85. The van der Waals surface area contributed by atoms with Crippen LogP contribution in [0, 0.1) is 17.0 Å². The molecule has 0 aliphatic heterocycles. The maximum absolute atomic E-state index is 13.9. The molecule has 2 aromatic carbocycles. The first-order valence-corrected chi connectivity index (χ1v) is 6.57. The number of aliphatic carboxylic acids is 1. The van der Waals surface area contributed by atoms with Crippen LogP contribution in [0.15, 0.2) is 42.5 Å². The molecule has 0 radical (unpaired) electrons. The van der Waals surface area contributed by atoms with Gasteiger partial charge in [-0.25, -0.2) is 8.78 Å². The summed E-state index contributed by atoms with van der Waals surface area (Å²) in [5.41, 5.74) is 0.769. The Kier molecular flexibility index (Phi) is 4.07. The first-order valence-electron chi connectivity index (χ1n) is 6.57. The average Bonchev–Trinajstić information content (AvgIpc) is 2.42. The lowest BCUT2D eigenvalue weighted by molar-refractivity contribution is -0.146. The molecule has 0 aromatic heterocycles. The average molecular weight is 290 g/mol. The third-order valence-corrected chi connectivity index (χ3v) is 3.43. The monoisotopic (exact) mass is 290 g/mol. The summed E-state index contributed by atoms with van der Waals surface area (Å²) in [6.07, 6.45) is 0.0865. The van der Waals surface area contributed by atoms with Crippen LogP contribution in [0.5, 0.6) is 0 Å².